The monoisotopic (exact) mass is 185 g/mol. The number of hydrogen-bond donors (Lipinski definition) is 1. The number of nitrogens with two attached hydrogens (primary N) is 1. The van der Waals surface area contributed by atoms with E-state index in [2.05, 4.69) is 0 Å². The Balaban J connectivity index is 2.08. The molecule has 1 aliphatic carbocycles. The van der Waals surface area contributed by atoms with Crippen molar-refractivity contribution in [3.05, 3.63) is 23.1 Å². The molecule has 2 rings (SSSR count). The summed E-state index contributed by atoms with van der Waals surface area (Å²) in [6.07, 6.45) is 3.74. The van der Waals surface area contributed by atoms with Crippen LogP contribution in [0.25, 0.3) is 0 Å². The van der Waals surface area contributed by atoms with Crippen LogP contribution >= 0.6 is 11.6 Å². The second-order valence-electron chi connectivity index (χ2n) is 3.36. The van der Waals surface area contributed by atoms with Crippen molar-refractivity contribution < 1.29 is 4.42 Å². The lowest BCUT2D eigenvalue weighted by molar-refractivity contribution is 0.241. The van der Waals surface area contributed by atoms with E-state index in [9.17, 15) is 0 Å². The smallest absolute Gasteiger partial charge is 0.193 e. The van der Waals surface area contributed by atoms with Crippen molar-refractivity contribution in [2.75, 3.05) is 0 Å². The Hall–Kier alpha value is -0.470. The Morgan fingerprint density at radius 2 is 2.25 bits per heavy atom. The van der Waals surface area contributed by atoms with Crippen LogP contribution in [-0.2, 0) is 0 Å². The van der Waals surface area contributed by atoms with Crippen molar-refractivity contribution in [1.29, 1.82) is 0 Å². The van der Waals surface area contributed by atoms with Gasteiger partial charge in [-0.05, 0) is 42.5 Å². The minimum atomic E-state index is 0.0475. The SMILES string of the molecule is N[C@@H](c1ccc(Cl)o1)C1CCC1. The normalized spacial score (nSPS) is 20.5. The van der Waals surface area contributed by atoms with Crippen LogP contribution in [0.5, 0.6) is 0 Å². The van der Waals surface area contributed by atoms with Crippen LogP contribution < -0.4 is 5.73 Å². The van der Waals surface area contributed by atoms with Crippen LogP contribution in [0.2, 0.25) is 5.22 Å². The molecule has 0 aliphatic heterocycles. The highest BCUT2D eigenvalue weighted by atomic mass is 35.5. The number of rotatable bonds is 2. The lowest BCUT2D eigenvalue weighted by Gasteiger charge is -2.29. The standard InChI is InChI=1S/C9H12ClNO/c10-8-5-4-7(12-8)9(11)6-2-1-3-6/h4-6,9H,1-3,11H2/t9-/m1/s1. The zero-order valence-electron chi connectivity index (χ0n) is 6.79. The van der Waals surface area contributed by atoms with Crippen molar-refractivity contribution in [1.82, 2.24) is 0 Å². The van der Waals surface area contributed by atoms with Crippen LogP contribution in [0.4, 0.5) is 0 Å². The predicted molar refractivity (Wildman–Crippen MR) is 48.0 cm³/mol. The Morgan fingerprint density at radius 1 is 1.50 bits per heavy atom. The average molecular weight is 186 g/mol. The van der Waals surface area contributed by atoms with Gasteiger partial charge in [-0.2, -0.15) is 0 Å². The third-order valence-electron chi connectivity index (χ3n) is 2.58. The maximum atomic E-state index is 5.96. The summed E-state index contributed by atoms with van der Waals surface area (Å²) >= 11 is 5.65. The predicted octanol–water partition coefficient (Wildman–Crippen LogP) is 2.73. The molecule has 0 aromatic carbocycles. The summed E-state index contributed by atoms with van der Waals surface area (Å²) in [5.41, 5.74) is 5.96. The highest BCUT2D eigenvalue weighted by molar-refractivity contribution is 6.28. The van der Waals surface area contributed by atoms with Crippen LogP contribution in [-0.4, -0.2) is 0 Å². The zero-order chi connectivity index (χ0) is 8.55. The van der Waals surface area contributed by atoms with Gasteiger partial charge in [-0.1, -0.05) is 6.42 Å². The van der Waals surface area contributed by atoms with E-state index in [1.165, 1.54) is 19.3 Å². The maximum absolute atomic E-state index is 5.96. The quantitative estimate of drug-likeness (QED) is 0.770. The third kappa shape index (κ3) is 1.37. The molecule has 3 heteroatoms. The van der Waals surface area contributed by atoms with Gasteiger partial charge in [0.15, 0.2) is 5.22 Å². The summed E-state index contributed by atoms with van der Waals surface area (Å²) in [5, 5.41) is 0.430. The first kappa shape index (κ1) is 8.14. The minimum Gasteiger partial charge on any atom is -0.448 e. The third-order valence-corrected chi connectivity index (χ3v) is 2.78. The van der Waals surface area contributed by atoms with E-state index in [1.54, 1.807) is 6.07 Å². The molecule has 1 fully saturated rings. The molecule has 2 nitrogen and oxygen atoms in total. The van der Waals surface area contributed by atoms with Gasteiger partial charge in [0.1, 0.15) is 5.76 Å². The number of furan rings is 1. The fourth-order valence-corrected chi connectivity index (χ4v) is 1.69. The molecule has 0 radical (unpaired) electrons. The lowest BCUT2D eigenvalue weighted by atomic mass is 9.79. The molecule has 12 heavy (non-hydrogen) atoms. The van der Waals surface area contributed by atoms with Gasteiger partial charge in [0, 0.05) is 0 Å². The largest absolute Gasteiger partial charge is 0.448 e. The van der Waals surface area contributed by atoms with Crippen LogP contribution in [0, 0.1) is 5.92 Å². The first-order chi connectivity index (χ1) is 5.77. The molecule has 2 N–H and O–H groups in total. The average Bonchev–Trinajstić information content (AvgIpc) is 2.31. The summed E-state index contributed by atoms with van der Waals surface area (Å²) < 4.78 is 5.24. The van der Waals surface area contributed by atoms with E-state index in [0.717, 1.165) is 5.76 Å². The second-order valence-corrected chi connectivity index (χ2v) is 3.73. The van der Waals surface area contributed by atoms with Crippen LogP contribution in [0.3, 0.4) is 0 Å². The molecule has 0 unspecified atom stereocenters. The molecule has 66 valence electrons. The van der Waals surface area contributed by atoms with E-state index in [1.807, 2.05) is 6.07 Å². The lowest BCUT2D eigenvalue weighted by Crippen LogP contribution is -2.26. The maximum Gasteiger partial charge on any atom is 0.193 e. The second kappa shape index (κ2) is 3.11. The highest BCUT2D eigenvalue weighted by Crippen LogP contribution is 2.36. The van der Waals surface area contributed by atoms with Crippen molar-refractivity contribution >= 4 is 11.6 Å². The Bertz CT molecular complexity index is 267. The van der Waals surface area contributed by atoms with Gasteiger partial charge in [0.2, 0.25) is 0 Å². The van der Waals surface area contributed by atoms with E-state index >= 15 is 0 Å². The molecule has 0 spiro atoms. The van der Waals surface area contributed by atoms with E-state index in [4.69, 9.17) is 21.8 Å². The molecular formula is C9H12ClNO. The molecule has 1 aromatic rings. The summed E-state index contributed by atoms with van der Waals surface area (Å²) in [6.45, 7) is 0. The molecule has 0 amide bonds. The minimum absolute atomic E-state index is 0.0475. The van der Waals surface area contributed by atoms with Gasteiger partial charge in [0.05, 0.1) is 6.04 Å². The van der Waals surface area contributed by atoms with Gasteiger partial charge >= 0.3 is 0 Å². The van der Waals surface area contributed by atoms with Crippen LogP contribution in [0.15, 0.2) is 16.5 Å². The zero-order valence-corrected chi connectivity index (χ0v) is 7.55. The molecule has 1 aromatic heterocycles. The Labute approximate surface area is 76.7 Å². The van der Waals surface area contributed by atoms with E-state index < -0.39 is 0 Å². The Kier molecular flexibility index (Phi) is 2.11. The Morgan fingerprint density at radius 3 is 2.67 bits per heavy atom. The van der Waals surface area contributed by atoms with Crippen LogP contribution in [0.1, 0.15) is 31.1 Å². The van der Waals surface area contributed by atoms with Crippen molar-refractivity contribution in [2.45, 2.75) is 25.3 Å². The fraction of sp³-hybridized carbons (Fsp3) is 0.556. The molecule has 1 aliphatic rings. The van der Waals surface area contributed by atoms with E-state index in [0.29, 0.717) is 11.1 Å². The molecule has 0 bridgehead atoms. The van der Waals surface area contributed by atoms with E-state index in [-0.39, 0.29) is 6.04 Å². The summed E-state index contributed by atoms with van der Waals surface area (Å²) in [7, 11) is 0. The molecule has 0 saturated heterocycles. The molecule has 1 atom stereocenters. The number of hydrogen-bond acceptors (Lipinski definition) is 2. The van der Waals surface area contributed by atoms with Crippen molar-refractivity contribution in [2.24, 2.45) is 11.7 Å². The first-order valence-electron chi connectivity index (χ1n) is 4.28. The highest BCUT2D eigenvalue weighted by Gasteiger charge is 2.27. The van der Waals surface area contributed by atoms with Gasteiger partial charge in [-0.15, -0.1) is 0 Å². The fourth-order valence-electron chi connectivity index (χ4n) is 1.54. The van der Waals surface area contributed by atoms with Gasteiger partial charge in [0.25, 0.3) is 0 Å². The topological polar surface area (TPSA) is 39.2 Å². The summed E-state index contributed by atoms with van der Waals surface area (Å²) in [5.74, 6) is 1.43. The van der Waals surface area contributed by atoms with Gasteiger partial charge in [-0.25, -0.2) is 0 Å². The van der Waals surface area contributed by atoms with Gasteiger partial charge < -0.3 is 10.2 Å². The number of halogens is 1. The first-order valence-corrected chi connectivity index (χ1v) is 4.66. The summed E-state index contributed by atoms with van der Waals surface area (Å²) in [4.78, 5) is 0. The molecular weight excluding hydrogens is 174 g/mol. The summed E-state index contributed by atoms with van der Waals surface area (Å²) in [6, 6.07) is 3.66. The van der Waals surface area contributed by atoms with Crippen molar-refractivity contribution in [3.63, 3.8) is 0 Å². The molecule has 1 heterocycles. The van der Waals surface area contributed by atoms with Gasteiger partial charge in [-0.3, -0.25) is 0 Å². The van der Waals surface area contributed by atoms with Crippen molar-refractivity contribution in [3.8, 4) is 0 Å². The molecule has 1 saturated carbocycles.